The van der Waals surface area contributed by atoms with Gasteiger partial charge in [-0.3, -0.25) is 4.79 Å². The maximum atomic E-state index is 12.0. The molecule has 4 rings (SSSR count). The van der Waals surface area contributed by atoms with Crippen LogP contribution in [-0.2, 0) is 0 Å². The van der Waals surface area contributed by atoms with Crippen molar-refractivity contribution in [3.63, 3.8) is 0 Å². The Balaban J connectivity index is 1.52. The van der Waals surface area contributed by atoms with Crippen molar-refractivity contribution in [1.29, 1.82) is 0 Å². The summed E-state index contributed by atoms with van der Waals surface area (Å²) in [6.45, 7) is 6.16. The molecule has 150 valence electrons. The Bertz CT molecular complexity index is 1020. The molecule has 1 fully saturated rings. The van der Waals surface area contributed by atoms with Gasteiger partial charge < -0.3 is 14.8 Å². The summed E-state index contributed by atoms with van der Waals surface area (Å²) < 4.78 is 1.70. The van der Waals surface area contributed by atoms with Crippen molar-refractivity contribution in [2.24, 2.45) is 0 Å². The van der Waals surface area contributed by atoms with E-state index < -0.39 is 0 Å². The van der Waals surface area contributed by atoms with Gasteiger partial charge >= 0.3 is 0 Å². The van der Waals surface area contributed by atoms with Crippen molar-refractivity contribution in [2.75, 3.05) is 23.3 Å². The van der Waals surface area contributed by atoms with Gasteiger partial charge in [0.15, 0.2) is 0 Å². The van der Waals surface area contributed by atoms with Gasteiger partial charge in [-0.25, -0.2) is 15.0 Å². The van der Waals surface area contributed by atoms with E-state index in [0.29, 0.717) is 11.8 Å². The van der Waals surface area contributed by atoms with E-state index in [9.17, 15) is 4.79 Å². The van der Waals surface area contributed by atoms with Crippen LogP contribution in [0.1, 0.15) is 39.2 Å². The van der Waals surface area contributed by atoms with Crippen LogP contribution in [0.2, 0.25) is 0 Å². The first-order valence-corrected chi connectivity index (χ1v) is 10.1. The highest BCUT2D eigenvalue weighted by Crippen LogP contribution is 2.22. The second kappa shape index (κ2) is 8.43. The van der Waals surface area contributed by atoms with Gasteiger partial charge in [0, 0.05) is 43.2 Å². The average Bonchev–Trinajstić information content (AvgIpc) is 2.75. The SMILES string of the molecule is CC(C)n1cc(-c2ccnc(Nc3ccc(N4CCCCC4)cn3)n2)ccc1=O. The lowest BCUT2D eigenvalue weighted by molar-refractivity contribution is 0.577. The molecular formula is C22H26N6O. The number of piperidine rings is 1. The zero-order chi connectivity index (χ0) is 20.2. The lowest BCUT2D eigenvalue weighted by Gasteiger charge is -2.28. The largest absolute Gasteiger partial charge is 0.370 e. The molecule has 1 aliphatic heterocycles. The summed E-state index contributed by atoms with van der Waals surface area (Å²) in [5.41, 5.74) is 2.76. The van der Waals surface area contributed by atoms with Crippen LogP contribution in [0, 0.1) is 0 Å². The highest BCUT2D eigenvalue weighted by Gasteiger charge is 2.11. The van der Waals surface area contributed by atoms with Crippen molar-refractivity contribution in [3.05, 3.63) is 59.3 Å². The zero-order valence-electron chi connectivity index (χ0n) is 16.9. The fourth-order valence-corrected chi connectivity index (χ4v) is 3.55. The Morgan fingerprint density at radius 1 is 1.00 bits per heavy atom. The van der Waals surface area contributed by atoms with Crippen molar-refractivity contribution in [2.45, 2.75) is 39.2 Å². The van der Waals surface area contributed by atoms with Crippen molar-refractivity contribution < 1.29 is 0 Å². The molecule has 1 N–H and O–H groups in total. The van der Waals surface area contributed by atoms with E-state index in [0.717, 1.165) is 30.0 Å². The summed E-state index contributed by atoms with van der Waals surface area (Å²) in [5, 5.41) is 3.17. The molecule has 0 aromatic carbocycles. The third kappa shape index (κ3) is 4.45. The van der Waals surface area contributed by atoms with Gasteiger partial charge in [-0.05, 0) is 57.4 Å². The van der Waals surface area contributed by atoms with Gasteiger partial charge in [0.25, 0.3) is 5.56 Å². The molecule has 7 nitrogen and oxygen atoms in total. The maximum absolute atomic E-state index is 12.0. The topological polar surface area (TPSA) is 75.9 Å². The van der Waals surface area contributed by atoms with Crippen LogP contribution in [0.15, 0.2) is 53.7 Å². The maximum Gasteiger partial charge on any atom is 0.250 e. The number of nitrogens with one attached hydrogen (secondary N) is 1. The number of aromatic nitrogens is 4. The molecule has 0 unspecified atom stereocenters. The van der Waals surface area contributed by atoms with Gasteiger partial charge in [-0.15, -0.1) is 0 Å². The molecule has 3 aromatic heterocycles. The predicted molar refractivity (Wildman–Crippen MR) is 116 cm³/mol. The number of hydrogen-bond donors (Lipinski definition) is 1. The molecule has 1 aliphatic rings. The summed E-state index contributed by atoms with van der Waals surface area (Å²) in [6.07, 6.45) is 9.24. The number of anilines is 3. The minimum absolute atomic E-state index is 0.0193. The van der Waals surface area contributed by atoms with Gasteiger partial charge in [0.1, 0.15) is 5.82 Å². The fourth-order valence-electron chi connectivity index (χ4n) is 3.55. The molecule has 0 bridgehead atoms. The quantitative estimate of drug-likeness (QED) is 0.709. The number of nitrogens with zero attached hydrogens (tertiary/aromatic N) is 5. The molecule has 0 amide bonds. The van der Waals surface area contributed by atoms with E-state index in [1.165, 1.54) is 19.3 Å². The minimum Gasteiger partial charge on any atom is -0.370 e. The molecule has 1 saturated heterocycles. The summed E-state index contributed by atoms with van der Waals surface area (Å²) in [4.78, 5) is 27.8. The Hall–Kier alpha value is -3.22. The Kier molecular flexibility index (Phi) is 5.55. The second-order valence-electron chi connectivity index (χ2n) is 7.60. The summed E-state index contributed by atoms with van der Waals surface area (Å²) in [5.74, 6) is 1.18. The third-order valence-corrected chi connectivity index (χ3v) is 5.15. The summed E-state index contributed by atoms with van der Waals surface area (Å²) >= 11 is 0. The van der Waals surface area contributed by atoms with Gasteiger partial charge in [0.2, 0.25) is 5.95 Å². The standard InChI is InChI=1S/C22H26N6O/c1-16(2)28-15-17(6-9-21(28)29)19-10-11-23-22(25-19)26-20-8-7-18(14-24-20)27-12-4-3-5-13-27/h6-11,14-16H,3-5,12-13H2,1-2H3,(H,23,24,25,26). The van der Waals surface area contributed by atoms with E-state index >= 15 is 0 Å². The van der Waals surface area contributed by atoms with Crippen LogP contribution in [0.25, 0.3) is 11.3 Å². The van der Waals surface area contributed by atoms with Crippen LogP contribution in [0.3, 0.4) is 0 Å². The first-order valence-electron chi connectivity index (χ1n) is 10.1. The van der Waals surface area contributed by atoms with E-state index in [1.54, 1.807) is 22.9 Å². The Morgan fingerprint density at radius 3 is 2.55 bits per heavy atom. The number of hydrogen-bond acceptors (Lipinski definition) is 6. The molecule has 0 saturated carbocycles. The van der Waals surface area contributed by atoms with Gasteiger partial charge in [0.05, 0.1) is 17.6 Å². The van der Waals surface area contributed by atoms with E-state index in [4.69, 9.17) is 0 Å². The van der Waals surface area contributed by atoms with Crippen LogP contribution in [-0.4, -0.2) is 32.6 Å². The van der Waals surface area contributed by atoms with Crippen molar-refractivity contribution >= 4 is 17.5 Å². The van der Waals surface area contributed by atoms with Gasteiger partial charge in [-0.2, -0.15) is 0 Å². The van der Waals surface area contributed by atoms with E-state index in [2.05, 4.69) is 31.2 Å². The van der Waals surface area contributed by atoms with E-state index in [1.807, 2.05) is 38.4 Å². The molecule has 0 atom stereocenters. The lowest BCUT2D eigenvalue weighted by Crippen LogP contribution is -2.29. The fraction of sp³-hybridized carbons (Fsp3) is 0.364. The van der Waals surface area contributed by atoms with E-state index in [-0.39, 0.29) is 11.6 Å². The second-order valence-corrected chi connectivity index (χ2v) is 7.60. The molecule has 0 spiro atoms. The Morgan fingerprint density at radius 2 is 1.83 bits per heavy atom. The van der Waals surface area contributed by atoms with Crippen LogP contribution >= 0.6 is 0 Å². The first kappa shape index (κ1) is 19.1. The molecule has 3 aromatic rings. The molecule has 29 heavy (non-hydrogen) atoms. The highest BCUT2D eigenvalue weighted by atomic mass is 16.1. The predicted octanol–water partition coefficient (Wildman–Crippen LogP) is 4.02. The third-order valence-electron chi connectivity index (χ3n) is 5.15. The van der Waals surface area contributed by atoms with Crippen molar-refractivity contribution in [3.8, 4) is 11.3 Å². The summed E-state index contributed by atoms with van der Waals surface area (Å²) in [7, 11) is 0. The first-order chi connectivity index (χ1) is 14.1. The lowest BCUT2D eigenvalue weighted by atomic mass is 10.1. The molecule has 0 aliphatic carbocycles. The van der Waals surface area contributed by atoms with Crippen LogP contribution in [0.5, 0.6) is 0 Å². The molecule has 7 heteroatoms. The highest BCUT2D eigenvalue weighted by molar-refractivity contribution is 5.60. The molecule has 0 radical (unpaired) electrons. The number of pyridine rings is 2. The monoisotopic (exact) mass is 390 g/mol. The molecular weight excluding hydrogens is 364 g/mol. The Labute approximate surface area is 170 Å². The minimum atomic E-state index is -0.0193. The van der Waals surface area contributed by atoms with Crippen molar-refractivity contribution in [1.82, 2.24) is 19.5 Å². The average molecular weight is 390 g/mol. The number of rotatable bonds is 5. The van der Waals surface area contributed by atoms with Gasteiger partial charge in [-0.1, -0.05) is 0 Å². The van der Waals surface area contributed by atoms with Crippen LogP contribution in [0.4, 0.5) is 17.5 Å². The van der Waals surface area contributed by atoms with Crippen LogP contribution < -0.4 is 15.8 Å². The molecule has 4 heterocycles. The zero-order valence-corrected chi connectivity index (χ0v) is 16.9. The normalized spacial score (nSPS) is 14.2. The smallest absolute Gasteiger partial charge is 0.250 e. The summed E-state index contributed by atoms with van der Waals surface area (Å²) in [6, 6.07) is 9.33.